The molecular weight excluding hydrogens is 395 g/mol. The fourth-order valence-corrected chi connectivity index (χ4v) is 5.20. The zero-order chi connectivity index (χ0) is 21.8. The van der Waals surface area contributed by atoms with Crippen LogP contribution in [0.2, 0.25) is 0 Å². The van der Waals surface area contributed by atoms with Crippen LogP contribution in [0.15, 0.2) is 43.6 Å². The van der Waals surface area contributed by atoms with Crippen molar-refractivity contribution in [1.82, 2.24) is 30.0 Å². The Morgan fingerprint density at radius 2 is 1.97 bits per heavy atom. The fraction of sp³-hybridized carbons (Fsp3) is 0.391. The molecular formula is C23H25FN6O. The van der Waals surface area contributed by atoms with E-state index in [4.69, 9.17) is 0 Å². The third-order valence-corrected chi connectivity index (χ3v) is 6.70. The number of hydrogen-bond acceptors (Lipinski definition) is 6. The van der Waals surface area contributed by atoms with E-state index in [0.29, 0.717) is 11.6 Å². The molecule has 0 radical (unpaired) electrons. The number of aromatic nitrogens is 5. The first-order valence-electron chi connectivity index (χ1n) is 10.4. The number of benzene rings is 1. The first kappa shape index (κ1) is 19.8. The minimum atomic E-state index is -0.519. The van der Waals surface area contributed by atoms with E-state index in [9.17, 15) is 9.50 Å². The molecule has 4 heterocycles. The molecule has 0 aliphatic carbocycles. The van der Waals surface area contributed by atoms with Crippen molar-refractivity contribution in [2.24, 2.45) is 5.92 Å². The molecule has 3 aromatic rings. The molecule has 2 N–H and O–H groups in total. The Kier molecular flexibility index (Phi) is 4.44. The van der Waals surface area contributed by atoms with E-state index in [-0.39, 0.29) is 33.9 Å². The van der Waals surface area contributed by atoms with Crippen LogP contribution in [-0.2, 0) is 0 Å². The Bertz CT molecular complexity index is 1130. The van der Waals surface area contributed by atoms with Crippen LogP contribution in [-0.4, -0.2) is 40.9 Å². The van der Waals surface area contributed by atoms with Crippen LogP contribution >= 0.6 is 0 Å². The van der Waals surface area contributed by atoms with Crippen molar-refractivity contribution >= 4 is 5.57 Å². The Balaban J connectivity index is 1.39. The maximum Gasteiger partial charge on any atom is 0.185 e. The van der Waals surface area contributed by atoms with Gasteiger partial charge in [0, 0.05) is 29.5 Å². The van der Waals surface area contributed by atoms with Gasteiger partial charge in [0.15, 0.2) is 5.82 Å². The van der Waals surface area contributed by atoms with Crippen molar-refractivity contribution < 1.29 is 9.50 Å². The standard InChI is InChI=1S/C23H25FN6O/c1-14(15-10-22(2)4-5-23(3,11-15)29-22)18-12-26-21(28-27-18)16-8-17(24)19(9-20(16)31)30-7-6-25-13-30/h6-9,12-13,15,29,31H,1,4-5,10-11H2,2-3H3/t15-,22-,23+. The molecule has 2 bridgehead atoms. The molecule has 0 amide bonds. The number of phenols is 1. The van der Waals surface area contributed by atoms with Crippen LogP contribution < -0.4 is 5.32 Å². The molecule has 31 heavy (non-hydrogen) atoms. The van der Waals surface area contributed by atoms with Gasteiger partial charge in [-0.15, -0.1) is 10.2 Å². The lowest BCUT2D eigenvalue weighted by molar-refractivity contribution is 0.201. The summed E-state index contributed by atoms with van der Waals surface area (Å²) in [5.74, 6) is -0.181. The van der Waals surface area contributed by atoms with Crippen LogP contribution in [0, 0.1) is 11.7 Å². The van der Waals surface area contributed by atoms with Gasteiger partial charge in [-0.1, -0.05) is 6.58 Å². The van der Waals surface area contributed by atoms with Crippen molar-refractivity contribution in [3.05, 3.63) is 55.1 Å². The summed E-state index contributed by atoms with van der Waals surface area (Å²) in [6.45, 7) is 8.84. The second kappa shape index (κ2) is 6.95. The number of hydrogen-bond donors (Lipinski definition) is 2. The molecule has 2 aliphatic rings. The zero-order valence-electron chi connectivity index (χ0n) is 17.6. The summed E-state index contributed by atoms with van der Waals surface area (Å²) in [6.07, 6.45) is 10.6. The maximum atomic E-state index is 14.6. The van der Waals surface area contributed by atoms with Crippen LogP contribution in [0.25, 0.3) is 22.6 Å². The van der Waals surface area contributed by atoms with Gasteiger partial charge in [0.25, 0.3) is 0 Å². The van der Waals surface area contributed by atoms with Crippen LogP contribution in [0.4, 0.5) is 4.39 Å². The average molecular weight is 420 g/mol. The number of fused-ring (bicyclic) bond motifs is 2. The lowest BCUT2D eigenvalue weighted by atomic mass is 9.76. The van der Waals surface area contributed by atoms with Gasteiger partial charge in [-0.3, -0.25) is 0 Å². The predicted molar refractivity (Wildman–Crippen MR) is 115 cm³/mol. The summed E-state index contributed by atoms with van der Waals surface area (Å²) in [5, 5.41) is 22.7. The number of rotatable bonds is 4. The highest BCUT2D eigenvalue weighted by molar-refractivity contribution is 5.67. The molecule has 7 nitrogen and oxygen atoms in total. The summed E-state index contributed by atoms with van der Waals surface area (Å²) in [5.41, 5.74) is 2.20. The Hall–Kier alpha value is -3.13. The predicted octanol–water partition coefficient (Wildman–Crippen LogP) is 3.89. The molecule has 0 unspecified atom stereocenters. The Morgan fingerprint density at radius 1 is 1.23 bits per heavy atom. The van der Waals surface area contributed by atoms with Gasteiger partial charge in [0.2, 0.25) is 0 Å². The lowest BCUT2D eigenvalue weighted by Gasteiger charge is -2.42. The van der Waals surface area contributed by atoms with E-state index < -0.39 is 5.82 Å². The Morgan fingerprint density at radius 3 is 2.58 bits per heavy atom. The molecule has 0 spiro atoms. The number of nitrogens with one attached hydrogen (secondary N) is 1. The molecule has 5 rings (SSSR count). The van der Waals surface area contributed by atoms with Crippen LogP contribution in [0.1, 0.15) is 45.2 Å². The van der Waals surface area contributed by atoms with Gasteiger partial charge in [-0.2, -0.15) is 0 Å². The summed E-state index contributed by atoms with van der Waals surface area (Å²) >= 11 is 0. The first-order valence-corrected chi connectivity index (χ1v) is 10.4. The highest BCUT2D eigenvalue weighted by atomic mass is 19.1. The second-order valence-electron chi connectivity index (χ2n) is 9.33. The minimum Gasteiger partial charge on any atom is -0.507 e. The molecule has 2 saturated heterocycles. The van der Waals surface area contributed by atoms with Gasteiger partial charge in [0.1, 0.15) is 17.3 Å². The molecule has 0 saturated carbocycles. The molecule has 3 atom stereocenters. The topological polar surface area (TPSA) is 88.8 Å². The van der Waals surface area contributed by atoms with E-state index in [1.54, 1.807) is 12.4 Å². The summed E-state index contributed by atoms with van der Waals surface area (Å²) in [4.78, 5) is 8.26. The number of allylic oxidation sites excluding steroid dienone is 1. The number of imidazole rings is 1. The van der Waals surface area contributed by atoms with E-state index in [1.165, 1.54) is 29.2 Å². The largest absolute Gasteiger partial charge is 0.507 e. The fourth-order valence-electron chi connectivity index (χ4n) is 5.20. The smallest absolute Gasteiger partial charge is 0.185 e. The number of piperidine rings is 1. The maximum absolute atomic E-state index is 14.6. The molecule has 2 fully saturated rings. The van der Waals surface area contributed by atoms with E-state index in [1.807, 2.05) is 0 Å². The molecule has 160 valence electrons. The minimum absolute atomic E-state index is 0.127. The zero-order valence-corrected chi connectivity index (χ0v) is 17.6. The highest BCUT2D eigenvalue weighted by Crippen LogP contribution is 2.47. The Labute approximate surface area is 180 Å². The van der Waals surface area contributed by atoms with Crippen molar-refractivity contribution in [1.29, 1.82) is 0 Å². The van der Waals surface area contributed by atoms with E-state index in [2.05, 4.69) is 45.9 Å². The molecule has 8 heteroatoms. The highest BCUT2D eigenvalue weighted by Gasteiger charge is 2.49. The summed E-state index contributed by atoms with van der Waals surface area (Å²) < 4.78 is 16.1. The summed E-state index contributed by atoms with van der Waals surface area (Å²) in [7, 11) is 0. The van der Waals surface area contributed by atoms with E-state index >= 15 is 0 Å². The van der Waals surface area contributed by atoms with Gasteiger partial charge < -0.3 is 15.0 Å². The van der Waals surface area contributed by atoms with Gasteiger partial charge in [0.05, 0.1) is 23.8 Å². The van der Waals surface area contributed by atoms with Crippen molar-refractivity contribution in [2.45, 2.75) is 50.6 Å². The van der Waals surface area contributed by atoms with Gasteiger partial charge in [-0.05, 0) is 57.1 Å². The summed E-state index contributed by atoms with van der Waals surface area (Å²) in [6, 6.07) is 2.54. The average Bonchev–Trinajstić information content (AvgIpc) is 3.34. The number of phenolic OH excluding ortho intramolecular Hbond substituents is 1. The number of nitrogens with zero attached hydrogens (tertiary/aromatic N) is 5. The van der Waals surface area contributed by atoms with E-state index in [0.717, 1.165) is 31.3 Å². The number of aromatic hydroxyl groups is 1. The van der Waals surface area contributed by atoms with Gasteiger partial charge >= 0.3 is 0 Å². The molecule has 1 aromatic carbocycles. The lowest BCUT2D eigenvalue weighted by Crippen LogP contribution is -2.53. The van der Waals surface area contributed by atoms with Crippen LogP contribution in [0.3, 0.4) is 0 Å². The van der Waals surface area contributed by atoms with Gasteiger partial charge in [-0.25, -0.2) is 14.4 Å². The molecule has 2 aromatic heterocycles. The van der Waals surface area contributed by atoms with Crippen molar-refractivity contribution in [2.75, 3.05) is 0 Å². The number of halogens is 1. The second-order valence-corrected chi connectivity index (χ2v) is 9.33. The SMILES string of the molecule is C=C(c1cnc(-c2cc(F)c(-n3ccnc3)cc2O)nn1)[C@H]1C[C@]2(C)CC[C@](C)(C1)N2. The molecule has 2 aliphatic heterocycles. The normalized spacial score (nSPS) is 27.4. The monoisotopic (exact) mass is 420 g/mol. The van der Waals surface area contributed by atoms with Crippen molar-refractivity contribution in [3.8, 4) is 22.8 Å². The van der Waals surface area contributed by atoms with Crippen molar-refractivity contribution in [3.63, 3.8) is 0 Å². The third kappa shape index (κ3) is 3.50. The first-order chi connectivity index (χ1) is 14.8. The van der Waals surface area contributed by atoms with Crippen LogP contribution in [0.5, 0.6) is 5.75 Å². The quantitative estimate of drug-likeness (QED) is 0.666. The third-order valence-electron chi connectivity index (χ3n) is 6.70.